The maximum atomic E-state index is 12.5. The number of benzene rings is 2. The van der Waals surface area contributed by atoms with Crippen LogP contribution in [-0.2, 0) is 9.59 Å². The van der Waals surface area contributed by atoms with Crippen LogP contribution in [0.3, 0.4) is 0 Å². The highest BCUT2D eigenvalue weighted by molar-refractivity contribution is 5.98. The topological polar surface area (TPSA) is 67.9 Å². The molecule has 0 atom stereocenters. The number of nitrogens with zero attached hydrogens (tertiary/aromatic N) is 1. The molecule has 0 aliphatic rings. The highest BCUT2D eigenvalue weighted by atomic mass is 19.3. The van der Waals surface area contributed by atoms with Gasteiger partial charge in [-0.1, -0.05) is 23.8 Å². The molecular weight excluding hydrogens is 418 g/mol. The van der Waals surface area contributed by atoms with Crippen molar-refractivity contribution in [2.45, 2.75) is 34.3 Å². The zero-order chi connectivity index (χ0) is 23.8. The highest BCUT2D eigenvalue weighted by Gasteiger charge is 2.14. The Balaban J connectivity index is 2.02. The van der Waals surface area contributed by atoms with Crippen LogP contribution in [0.15, 0.2) is 36.4 Å². The second-order valence-electron chi connectivity index (χ2n) is 7.37. The van der Waals surface area contributed by atoms with Gasteiger partial charge in [-0.2, -0.15) is 8.78 Å². The summed E-state index contributed by atoms with van der Waals surface area (Å²) in [7, 11) is 1.52. The van der Waals surface area contributed by atoms with E-state index in [1.165, 1.54) is 42.3 Å². The number of anilines is 1. The van der Waals surface area contributed by atoms with Gasteiger partial charge in [-0.05, 0) is 62.6 Å². The predicted octanol–water partition coefficient (Wildman–Crippen LogP) is 4.72. The van der Waals surface area contributed by atoms with Crippen LogP contribution >= 0.6 is 0 Å². The summed E-state index contributed by atoms with van der Waals surface area (Å²) < 4.78 is 34.8. The number of nitrogens with one attached hydrogen (secondary N) is 1. The lowest BCUT2D eigenvalue weighted by atomic mass is 10.1. The fourth-order valence-electron chi connectivity index (χ4n) is 3.23. The van der Waals surface area contributed by atoms with E-state index >= 15 is 0 Å². The monoisotopic (exact) mass is 446 g/mol. The maximum absolute atomic E-state index is 12.5. The minimum Gasteiger partial charge on any atom is -0.490 e. The van der Waals surface area contributed by atoms with E-state index in [4.69, 9.17) is 4.74 Å². The molecule has 0 saturated heterocycles. The molecule has 0 saturated carbocycles. The number of hydrogen-bond acceptors (Lipinski definition) is 4. The number of likely N-dealkylation sites (N-methyl/N-ethyl adjacent to an activating group) is 1. The SMILES string of the molecule is CCOc1cc(/C=C/C(=O)N(C)CC(=O)Nc2c(C)cc(C)cc2C)ccc1OC(F)F. The number of alkyl halides is 2. The molecule has 0 aliphatic carbocycles. The fraction of sp³-hybridized carbons (Fsp3) is 0.333. The quantitative estimate of drug-likeness (QED) is 0.566. The van der Waals surface area contributed by atoms with Crippen molar-refractivity contribution in [3.05, 3.63) is 58.7 Å². The van der Waals surface area contributed by atoms with E-state index in [2.05, 4.69) is 10.1 Å². The number of amides is 2. The number of halogens is 2. The van der Waals surface area contributed by atoms with Crippen molar-refractivity contribution in [2.75, 3.05) is 25.5 Å². The molecule has 6 nitrogen and oxygen atoms in total. The Morgan fingerprint density at radius 1 is 1.09 bits per heavy atom. The average Bonchev–Trinajstić information content (AvgIpc) is 2.70. The lowest BCUT2D eigenvalue weighted by Gasteiger charge is -2.17. The third-order valence-electron chi connectivity index (χ3n) is 4.60. The second kappa shape index (κ2) is 11.3. The zero-order valence-corrected chi connectivity index (χ0v) is 18.9. The molecule has 8 heteroatoms. The van der Waals surface area contributed by atoms with Crippen molar-refractivity contribution in [1.82, 2.24) is 4.90 Å². The number of hydrogen-bond donors (Lipinski definition) is 1. The van der Waals surface area contributed by atoms with Crippen LogP contribution < -0.4 is 14.8 Å². The first-order valence-corrected chi connectivity index (χ1v) is 10.1. The van der Waals surface area contributed by atoms with Gasteiger partial charge >= 0.3 is 6.61 Å². The Hall–Kier alpha value is -3.42. The van der Waals surface area contributed by atoms with Gasteiger partial charge in [-0.15, -0.1) is 0 Å². The third kappa shape index (κ3) is 7.08. The molecule has 2 amide bonds. The number of rotatable bonds is 9. The number of carbonyl (C=O) groups is 2. The van der Waals surface area contributed by atoms with Gasteiger partial charge in [0.15, 0.2) is 11.5 Å². The van der Waals surface area contributed by atoms with Crippen molar-refractivity contribution in [3.8, 4) is 11.5 Å². The molecule has 0 fully saturated rings. The summed E-state index contributed by atoms with van der Waals surface area (Å²) in [6.45, 7) is 4.72. The van der Waals surface area contributed by atoms with Crippen molar-refractivity contribution < 1.29 is 27.8 Å². The molecule has 0 unspecified atom stereocenters. The Morgan fingerprint density at radius 3 is 2.34 bits per heavy atom. The Kier molecular flexibility index (Phi) is 8.75. The molecule has 0 heterocycles. The summed E-state index contributed by atoms with van der Waals surface area (Å²) in [6.07, 6.45) is 2.81. The predicted molar refractivity (Wildman–Crippen MR) is 120 cm³/mol. The van der Waals surface area contributed by atoms with Gasteiger partial charge < -0.3 is 19.7 Å². The van der Waals surface area contributed by atoms with Crippen LogP contribution in [0, 0.1) is 20.8 Å². The van der Waals surface area contributed by atoms with Crippen molar-refractivity contribution in [1.29, 1.82) is 0 Å². The Morgan fingerprint density at radius 2 is 1.75 bits per heavy atom. The first-order chi connectivity index (χ1) is 15.1. The van der Waals surface area contributed by atoms with E-state index in [1.54, 1.807) is 6.92 Å². The van der Waals surface area contributed by atoms with Crippen LogP contribution in [0.4, 0.5) is 14.5 Å². The van der Waals surface area contributed by atoms with Crippen LogP contribution in [0.25, 0.3) is 6.08 Å². The zero-order valence-electron chi connectivity index (χ0n) is 18.9. The Bertz CT molecular complexity index is 982. The van der Waals surface area contributed by atoms with E-state index < -0.39 is 6.61 Å². The second-order valence-corrected chi connectivity index (χ2v) is 7.37. The van der Waals surface area contributed by atoms with Crippen molar-refractivity contribution in [3.63, 3.8) is 0 Å². The minimum absolute atomic E-state index is 0.0826. The van der Waals surface area contributed by atoms with E-state index in [1.807, 2.05) is 32.9 Å². The van der Waals surface area contributed by atoms with Crippen LogP contribution in [0.5, 0.6) is 11.5 Å². The van der Waals surface area contributed by atoms with Gasteiger partial charge in [0.2, 0.25) is 11.8 Å². The lowest BCUT2D eigenvalue weighted by molar-refractivity contribution is -0.129. The van der Waals surface area contributed by atoms with Gasteiger partial charge in [0, 0.05) is 18.8 Å². The normalized spacial score (nSPS) is 11.0. The van der Waals surface area contributed by atoms with E-state index in [9.17, 15) is 18.4 Å². The van der Waals surface area contributed by atoms with Gasteiger partial charge in [-0.3, -0.25) is 9.59 Å². The molecule has 0 aromatic heterocycles. The molecule has 172 valence electrons. The van der Waals surface area contributed by atoms with Gasteiger partial charge in [-0.25, -0.2) is 0 Å². The van der Waals surface area contributed by atoms with Gasteiger partial charge in [0.25, 0.3) is 0 Å². The van der Waals surface area contributed by atoms with Crippen LogP contribution in [0.2, 0.25) is 0 Å². The molecule has 32 heavy (non-hydrogen) atoms. The largest absolute Gasteiger partial charge is 0.490 e. The minimum atomic E-state index is -2.97. The first kappa shape index (κ1) is 24.8. The molecule has 0 aliphatic heterocycles. The molecular formula is C24H28F2N2O4. The van der Waals surface area contributed by atoms with E-state index in [0.717, 1.165) is 22.4 Å². The highest BCUT2D eigenvalue weighted by Crippen LogP contribution is 2.30. The lowest BCUT2D eigenvalue weighted by Crippen LogP contribution is -2.34. The third-order valence-corrected chi connectivity index (χ3v) is 4.60. The standard InChI is InChI=1S/C24H28F2N2O4/c1-6-31-20-13-18(7-9-19(20)32-24(25)26)8-10-22(30)28(5)14-21(29)27-23-16(3)11-15(2)12-17(23)4/h7-13,24H,6,14H2,1-5H3,(H,27,29)/b10-8+. The molecule has 1 N–H and O–H groups in total. The molecule has 0 radical (unpaired) electrons. The number of ether oxygens (including phenoxy) is 2. The number of carbonyl (C=O) groups excluding carboxylic acids is 2. The van der Waals surface area contributed by atoms with Gasteiger partial charge in [0.1, 0.15) is 0 Å². The van der Waals surface area contributed by atoms with Crippen molar-refractivity contribution >= 4 is 23.6 Å². The first-order valence-electron chi connectivity index (χ1n) is 10.1. The van der Waals surface area contributed by atoms with Crippen LogP contribution in [-0.4, -0.2) is 43.5 Å². The molecule has 2 aromatic rings. The fourth-order valence-corrected chi connectivity index (χ4v) is 3.23. The molecule has 0 spiro atoms. The average molecular weight is 446 g/mol. The van der Waals surface area contributed by atoms with Gasteiger partial charge in [0.05, 0.1) is 13.2 Å². The summed E-state index contributed by atoms with van der Waals surface area (Å²) in [5.41, 5.74) is 4.32. The summed E-state index contributed by atoms with van der Waals surface area (Å²) in [4.78, 5) is 26.1. The smallest absolute Gasteiger partial charge is 0.387 e. The Labute approximate surface area is 186 Å². The molecule has 0 bridgehead atoms. The maximum Gasteiger partial charge on any atom is 0.387 e. The number of aryl methyl sites for hydroxylation is 3. The van der Waals surface area contributed by atoms with E-state index in [-0.39, 0.29) is 36.5 Å². The molecule has 2 rings (SSSR count). The summed E-state index contributed by atoms with van der Waals surface area (Å²) in [5.74, 6) is -0.625. The summed E-state index contributed by atoms with van der Waals surface area (Å²) >= 11 is 0. The summed E-state index contributed by atoms with van der Waals surface area (Å²) in [5, 5.41) is 2.86. The summed E-state index contributed by atoms with van der Waals surface area (Å²) in [6, 6.07) is 8.34. The van der Waals surface area contributed by atoms with Crippen LogP contribution in [0.1, 0.15) is 29.2 Å². The molecule has 2 aromatic carbocycles. The van der Waals surface area contributed by atoms with Crippen molar-refractivity contribution in [2.24, 2.45) is 0 Å². The van der Waals surface area contributed by atoms with E-state index in [0.29, 0.717) is 5.56 Å².